The Morgan fingerprint density at radius 3 is 1.79 bits per heavy atom. The van der Waals surface area contributed by atoms with E-state index in [9.17, 15) is 0 Å². The maximum atomic E-state index is 7.09. The lowest BCUT2D eigenvalue weighted by atomic mass is 9.81. The van der Waals surface area contributed by atoms with Crippen molar-refractivity contribution in [1.29, 1.82) is 0 Å². The quantitative estimate of drug-likeness (QED) is 0.176. The minimum Gasteiger partial charge on any atom is -0.456 e. The highest BCUT2D eigenvalue weighted by atomic mass is 16.3. The molecular formula is C63H48N2O. The van der Waals surface area contributed by atoms with Gasteiger partial charge in [-0.3, -0.25) is 0 Å². The molecule has 0 bridgehead atoms. The number of benzene rings is 9. The Morgan fingerprint density at radius 2 is 1.02 bits per heavy atom. The summed E-state index contributed by atoms with van der Waals surface area (Å²) in [5.41, 5.74) is 23.0. The van der Waals surface area contributed by atoms with Gasteiger partial charge in [0.05, 0.1) is 22.3 Å². The lowest BCUT2D eigenvalue weighted by Crippen LogP contribution is -2.16. The average Bonchev–Trinajstić information content (AvgIpc) is 4.08. The minimum absolute atomic E-state index is 0.158. The van der Waals surface area contributed by atoms with E-state index >= 15 is 0 Å². The maximum Gasteiger partial charge on any atom is 0.140 e. The zero-order valence-corrected chi connectivity index (χ0v) is 38.1. The number of hydrogen-bond acceptors (Lipinski definition) is 2. The molecule has 0 N–H and O–H groups in total. The molecule has 66 heavy (non-hydrogen) atoms. The molecular weight excluding hydrogens is 801 g/mol. The highest BCUT2D eigenvalue weighted by Crippen LogP contribution is 2.57. The van der Waals surface area contributed by atoms with Crippen molar-refractivity contribution in [1.82, 2.24) is 4.57 Å². The number of fused-ring (bicyclic) bond motifs is 17. The van der Waals surface area contributed by atoms with Gasteiger partial charge in [-0.05, 0) is 122 Å². The molecule has 2 aromatic heterocycles. The second kappa shape index (κ2) is 12.8. The van der Waals surface area contributed by atoms with Crippen molar-refractivity contribution in [3.8, 4) is 39.2 Å². The van der Waals surface area contributed by atoms with Gasteiger partial charge in [-0.25, -0.2) is 0 Å². The first-order chi connectivity index (χ1) is 32.0. The largest absolute Gasteiger partial charge is 0.456 e. The van der Waals surface area contributed by atoms with Crippen LogP contribution in [-0.4, -0.2) is 4.57 Å². The fourth-order valence-corrected chi connectivity index (χ4v) is 12.9. The molecule has 0 atom stereocenters. The van der Waals surface area contributed by atoms with E-state index in [1.807, 2.05) is 0 Å². The predicted molar refractivity (Wildman–Crippen MR) is 275 cm³/mol. The summed E-state index contributed by atoms with van der Waals surface area (Å²) in [6.07, 6.45) is 0. The summed E-state index contributed by atoms with van der Waals surface area (Å²) in [5, 5.41) is 6.06. The molecule has 0 saturated carbocycles. The molecule has 0 spiro atoms. The summed E-state index contributed by atoms with van der Waals surface area (Å²) >= 11 is 0. The summed E-state index contributed by atoms with van der Waals surface area (Å²) < 4.78 is 9.59. The van der Waals surface area contributed by atoms with Crippen LogP contribution in [0.15, 0.2) is 186 Å². The third kappa shape index (κ3) is 4.72. The molecule has 316 valence electrons. The van der Waals surface area contributed by atoms with Crippen molar-refractivity contribution in [2.75, 3.05) is 4.90 Å². The summed E-state index contributed by atoms with van der Waals surface area (Å²) in [6, 6.07) is 67.9. The van der Waals surface area contributed by atoms with Crippen LogP contribution in [-0.2, 0) is 16.2 Å². The van der Waals surface area contributed by atoms with E-state index in [1.54, 1.807) is 0 Å². The molecule has 0 saturated heterocycles. The van der Waals surface area contributed by atoms with Gasteiger partial charge in [0, 0.05) is 55.2 Å². The molecule has 0 amide bonds. The van der Waals surface area contributed by atoms with Crippen LogP contribution >= 0.6 is 0 Å². The van der Waals surface area contributed by atoms with Crippen LogP contribution in [0.4, 0.5) is 17.1 Å². The van der Waals surface area contributed by atoms with E-state index in [1.165, 1.54) is 94.3 Å². The second-order valence-electron chi connectivity index (χ2n) is 20.5. The molecule has 3 heteroatoms. The number of para-hydroxylation sites is 1. The van der Waals surface area contributed by atoms with Crippen LogP contribution in [0.1, 0.15) is 74.9 Å². The molecule has 0 fully saturated rings. The number of aromatic nitrogens is 1. The molecule has 0 unspecified atom stereocenters. The van der Waals surface area contributed by atoms with Gasteiger partial charge in [0.2, 0.25) is 0 Å². The zero-order valence-electron chi connectivity index (χ0n) is 38.1. The van der Waals surface area contributed by atoms with Crippen molar-refractivity contribution >= 4 is 60.7 Å². The molecule has 2 heterocycles. The third-order valence-corrected chi connectivity index (χ3v) is 15.9. The van der Waals surface area contributed by atoms with Crippen molar-refractivity contribution in [3.63, 3.8) is 0 Å². The standard InChI is InChI=1S/C63H48N2O/c1-61(2)48-22-13-10-19-42(48)44-31-29-40(36-51(44)61)64(52-25-16-26-54-55(52)47-33-32-45-43-20-11-14-23-49(43)62(3,4)57(45)60(47)66-54)39-28-30-41-37(35-39)27-34-53-56(41)58-59(65(53)38-17-8-7-9-18-38)46-21-12-15-24-50(46)63(58,5)6/h7-36H,1-6H3. The van der Waals surface area contributed by atoms with E-state index in [4.69, 9.17) is 4.42 Å². The first-order valence-corrected chi connectivity index (χ1v) is 23.4. The topological polar surface area (TPSA) is 21.3 Å². The average molecular weight is 849 g/mol. The maximum absolute atomic E-state index is 7.09. The monoisotopic (exact) mass is 848 g/mol. The molecule has 14 rings (SSSR count). The smallest absolute Gasteiger partial charge is 0.140 e. The Labute approximate surface area is 385 Å². The van der Waals surface area contributed by atoms with Gasteiger partial charge >= 0.3 is 0 Å². The first kappa shape index (κ1) is 37.7. The fraction of sp³-hybridized carbons (Fsp3) is 0.143. The fourth-order valence-electron chi connectivity index (χ4n) is 12.9. The van der Waals surface area contributed by atoms with Gasteiger partial charge in [0.1, 0.15) is 11.2 Å². The zero-order chi connectivity index (χ0) is 44.4. The van der Waals surface area contributed by atoms with Gasteiger partial charge < -0.3 is 13.9 Å². The van der Waals surface area contributed by atoms with Gasteiger partial charge in [0.25, 0.3) is 0 Å². The first-order valence-electron chi connectivity index (χ1n) is 23.4. The normalized spacial score (nSPS) is 15.5. The van der Waals surface area contributed by atoms with E-state index in [-0.39, 0.29) is 16.2 Å². The lowest BCUT2D eigenvalue weighted by molar-refractivity contribution is 0.620. The van der Waals surface area contributed by atoms with Crippen LogP contribution in [0.5, 0.6) is 0 Å². The number of nitrogens with zero attached hydrogens (tertiary/aromatic N) is 2. The molecule has 11 aromatic rings. The molecule has 3 aliphatic carbocycles. The van der Waals surface area contributed by atoms with Gasteiger partial charge in [0.15, 0.2) is 0 Å². The number of furan rings is 1. The van der Waals surface area contributed by atoms with Crippen molar-refractivity contribution < 1.29 is 4.42 Å². The SMILES string of the molecule is CC1(C)c2ccccc2-c2ccc(N(c3ccc4c(ccc5c4c4c(n5-c5ccccc5)-c5ccccc5C4(C)C)c3)c3cccc4oc5c6c(ccc5c34)-c3ccccc3C6(C)C)cc21. The molecule has 0 radical (unpaired) electrons. The summed E-state index contributed by atoms with van der Waals surface area (Å²) in [4.78, 5) is 2.49. The highest BCUT2D eigenvalue weighted by Gasteiger charge is 2.42. The van der Waals surface area contributed by atoms with Crippen LogP contribution < -0.4 is 4.90 Å². The molecule has 9 aromatic carbocycles. The van der Waals surface area contributed by atoms with Crippen LogP contribution in [0.3, 0.4) is 0 Å². The van der Waals surface area contributed by atoms with Gasteiger partial charge in [-0.2, -0.15) is 0 Å². The number of anilines is 3. The van der Waals surface area contributed by atoms with Crippen molar-refractivity contribution in [2.45, 2.75) is 57.8 Å². The minimum atomic E-state index is -0.209. The summed E-state index contributed by atoms with van der Waals surface area (Å²) in [6.45, 7) is 14.2. The number of hydrogen-bond donors (Lipinski definition) is 0. The second-order valence-corrected chi connectivity index (χ2v) is 20.5. The van der Waals surface area contributed by atoms with Gasteiger partial charge in [-0.15, -0.1) is 0 Å². The molecule has 3 nitrogen and oxygen atoms in total. The highest BCUT2D eigenvalue weighted by molar-refractivity contribution is 6.17. The van der Waals surface area contributed by atoms with Crippen LogP contribution in [0, 0.1) is 0 Å². The molecule has 3 aliphatic rings. The Kier molecular flexibility index (Phi) is 7.32. The summed E-state index contributed by atoms with van der Waals surface area (Å²) in [7, 11) is 0. The Morgan fingerprint density at radius 1 is 0.424 bits per heavy atom. The van der Waals surface area contributed by atoms with Crippen molar-refractivity contribution in [2.24, 2.45) is 0 Å². The number of rotatable bonds is 4. The predicted octanol–water partition coefficient (Wildman–Crippen LogP) is 17.1. The Balaban J connectivity index is 1.03. The van der Waals surface area contributed by atoms with E-state index in [2.05, 4.69) is 233 Å². The third-order valence-electron chi connectivity index (χ3n) is 15.9. The van der Waals surface area contributed by atoms with E-state index in [0.717, 1.165) is 39.0 Å². The van der Waals surface area contributed by atoms with E-state index < -0.39 is 0 Å². The lowest BCUT2D eigenvalue weighted by Gasteiger charge is -2.29. The van der Waals surface area contributed by atoms with Crippen molar-refractivity contribution in [3.05, 3.63) is 215 Å². The van der Waals surface area contributed by atoms with E-state index in [0.29, 0.717) is 0 Å². The molecule has 0 aliphatic heterocycles. The van der Waals surface area contributed by atoms with Crippen LogP contribution in [0.25, 0.3) is 82.8 Å². The Hall–Kier alpha value is -7.62. The van der Waals surface area contributed by atoms with Crippen LogP contribution in [0.2, 0.25) is 0 Å². The van der Waals surface area contributed by atoms with Gasteiger partial charge in [-0.1, -0.05) is 163 Å². The Bertz CT molecular complexity index is 3910. The summed E-state index contributed by atoms with van der Waals surface area (Å²) in [5.74, 6) is 0.